The molecule has 0 bridgehead atoms. The first-order chi connectivity index (χ1) is 14.3. The molecular formula is C21H26N4O4S. The smallest absolute Gasteiger partial charge is 0.268 e. The average Bonchev–Trinajstić information content (AvgIpc) is 3.11. The molecule has 2 amide bonds. The monoisotopic (exact) mass is 430 g/mol. The minimum atomic E-state index is -0.721. The first-order valence-corrected chi connectivity index (χ1v) is 10.9. The lowest BCUT2D eigenvalue weighted by atomic mass is 10.0. The summed E-state index contributed by atoms with van der Waals surface area (Å²) in [6.07, 6.45) is 1.21. The second-order valence-corrected chi connectivity index (χ2v) is 8.75. The highest BCUT2D eigenvalue weighted by molar-refractivity contribution is 7.15. The summed E-state index contributed by atoms with van der Waals surface area (Å²) in [4.78, 5) is 39.0. The van der Waals surface area contributed by atoms with E-state index < -0.39 is 6.10 Å². The van der Waals surface area contributed by atoms with Crippen molar-refractivity contribution in [2.45, 2.75) is 53.1 Å². The Kier molecular flexibility index (Phi) is 6.81. The lowest BCUT2D eigenvalue weighted by Gasteiger charge is -2.32. The van der Waals surface area contributed by atoms with Gasteiger partial charge in [-0.05, 0) is 37.5 Å². The van der Waals surface area contributed by atoms with Crippen molar-refractivity contribution in [3.63, 3.8) is 0 Å². The first kappa shape index (κ1) is 21.9. The van der Waals surface area contributed by atoms with Crippen molar-refractivity contribution in [1.82, 2.24) is 10.2 Å². The lowest BCUT2D eigenvalue weighted by molar-refractivity contribution is -0.127. The predicted molar refractivity (Wildman–Crippen MR) is 115 cm³/mol. The maximum atomic E-state index is 12.7. The SMILES string of the molecule is CCCC(=O)c1ccc2c(c1)N(CC(=O)Nc1nnc(CC(C)C)s1)C(=O)C(C)O2. The number of anilines is 2. The Morgan fingerprint density at radius 2 is 2.07 bits per heavy atom. The van der Waals surface area contributed by atoms with Crippen molar-refractivity contribution in [3.8, 4) is 5.75 Å². The molecule has 0 spiro atoms. The average molecular weight is 431 g/mol. The third-order valence-electron chi connectivity index (χ3n) is 4.56. The lowest BCUT2D eigenvalue weighted by Crippen LogP contribution is -2.47. The molecule has 3 rings (SSSR count). The van der Waals surface area contributed by atoms with Crippen LogP contribution >= 0.6 is 11.3 Å². The van der Waals surface area contributed by atoms with Crippen LogP contribution in [0.1, 0.15) is 55.9 Å². The molecule has 2 aromatic rings. The Bertz CT molecular complexity index is 956. The molecule has 160 valence electrons. The summed E-state index contributed by atoms with van der Waals surface area (Å²) in [6, 6.07) is 4.99. The van der Waals surface area contributed by atoms with Crippen molar-refractivity contribution >= 4 is 39.8 Å². The van der Waals surface area contributed by atoms with Crippen LogP contribution in [0.5, 0.6) is 5.75 Å². The Labute approximate surface area is 179 Å². The number of amides is 2. The van der Waals surface area contributed by atoms with Crippen LogP contribution in [0.25, 0.3) is 0 Å². The molecule has 1 aromatic carbocycles. The summed E-state index contributed by atoms with van der Waals surface area (Å²) in [5.41, 5.74) is 0.919. The minimum Gasteiger partial charge on any atom is -0.479 e. The van der Waals surface area contributed by atoms with Gasteiger partial charge in [-0.3, -0.25) is 24.6 Å². The number of nitrogens with one attached hydrogen (secondary N) is 1. The van der Waals surface area contributed by atoms with E-state index in [2.05, 4.69) is 29.4 Å². The number of benzene rings is 1. The molecule has 1 atom stereocenters. The van der Waals surface area contributed by atoms with E-state index in [1.807, 2.05) is 6.92 Å². The number of hydrogen-bond donors (Lipinski definition) is 1. The van der Waals surface area contributed by atoms with E-state index in [1.54, 1.807) is 25.1 Å². The number of fused-ring (bicyclic) bond motifs is 1. The largest absolute Gasteiger partial charge is 0.479 e. The fourth-order valence-electron chi connectivity index (χ4n) is 3.15. The molecule has 0 aliphatic carbocycles. The summed E-state index contributed by atoms with van der Waals surface area (Å²) < 4.78 is 5.65. The maximum absolute atomic E-state index is 12.7. The molecule has 1 aliphatic heterocycles. The van der Waals surface area contributed by atoms with Crippen LogP contribution in [-0.4, -0.2) is 40.4 Å². The zero-order valence-electron chi connectivity index (χ0n) is 17.6. The zero-order chi connectivity index (χ0) is 21.8. The topological polar surface area (TPSA) is 101 Å². The second-order valence-electron chi connectivity index (χ2n) is 7.69. The summed E-state index contributed by atoms with van der Waals surface area (Å²) in [7, 11) is 0. The molecule has 1 aliphatic rings. The standard InChI is InChI=1S/C21H26N4O4S/c1-5-6-16(26)14-7-8-17-15(10-14)25(20(28)13(4)29-17)11-18(27)22-21-24-23-19(30-21)9-12(2)3/h7-8,10,12-13H,5-6,9,11H2,1-4H3,(H,22,24,27). The van der Waals surface area contributed by atoms with E-state index in [0.29, 0.717) is 34.5 Å². The molecule has 1 unspecified atom stereocenters. The van der Waals surface area contributed by atoms with E-state index >= 15 is 0 Å². The quantitative estimate of drug-likeness (QED) is 0.644. The molecule has 0 radical (unpaired) electrons. The Morgan fingerprint density at radius 3 is 2.77 bits per heavy atom. The van der Waals surface area contributed by atoms with Crippen LogP contribution in [0.2, 0.25) is 0 Å². The van der Waals surface area contributed by atoms with Crippen LogP contribution < -0.4 is 15.0 Å². The van der Waals surface area contributed by atoms with Crippen LogP contribution in [0.3, 0.4) is 0 Å². The fraction of sp³-hybridized carbons (Fsp3) is 0.476. The number of ether oxygens (including phenoxy) is 1. The van der Waals surface area contributed by atoms with E-state index in [1.165, 1.54) is 16.2 Å². The molecule has 1 N–H and O–H groups in total. The summed E-state index contributed by atoms with van der Waals surface area (Å²) in [5.74, 6) is 0.173. The number of Topliss-reactive ketones (excluding diaryl/α,β-unsaturated/α-hetero) is 1. The van der Waals surface area contributed by atoms with Crippen LogP contribution in [0, 0.1) is 5.92 Å². The number of ketones is 1. The molecule has 0 fully saturated rings. The third kappa shape index (κ3) is 5.02. The summed E-state index contributed by atoms with van der Waals surface area (Å²) in [5, 5.41) is 12.0. The highest BCUT2D eigenvalue weighted by Crippen LogP contribution is 2.35. The van der Waals surface area contributed by atoms with Crippen molar-refractivity contribution in [1.29, 1.82) is 0 Å². The van der Waals surface area contributed by atoms with Crippen molar-refractivity contribution in [3.05, 3.63) is 28.8 Å². The maximum Gasteiger partial charge on any atom is 0.268 e. The second kappa shape index (κ2) is 9.34. The molecule has 9 heteroatoms. The highest BCUT2D eigenvalue weighted by Gasteiger charge is 2.33. The summed E-state index contributed by atoms with van der Waals surface area (Å²) in [6.45, 7) is 7.53. The zero-order valence-corrected chi connectivity index (χ0v) is 18.4. The number of carbonyl (C=O) groups excluding carboxylic acids is 3. The van der Waals surface area contributed by atoms with Gasteiger partial charge in [0.05, 0.1) is 5.69 Å². The van der Waals surface area contributed by atoms with Gasteiger partial charge in [-0.1, -0.05) is 32.1 Å². The first-order valence-electron chi connectivity index (χ1n) is 10.1. The van der Waals surface area contributed by atoms with Gasteiger partial charge in [0.25, 0.3) is 5.91 Å². The molecule has 8 nitrogen and oxygen atoms in total. The van der Waals surface area contributed by atoms with Gasteiger partial charge in [0.15, 0.2) is 11.9 Å². The van der Waals surface area contributed by atoms with E-state index in [-0.39, 0.29) is 24.1 Å². The highest BCUT2D eigenvalue weighted by atomic mass is 32.1. The molecule has 30 heavy (non-hydrogen) atoms. The fourth-order valence-corrected chi connectivity index (χ4v) is 4.12. The number of aromatic nitrogens is 2. The van der Waals surface area contributed by atoms with Gasteiger partial charge < -0.3 is 4.74 Å². The van der Waals surface area contributed by atoms with E-state index in [9.17, 15) is 14.4 Å². The van der Waals surface area contributed by atoms with Gasteiger partial charge in [0.1, 0.15) is 17.3 Å². The van der Waals surface area contributed by atoms with Crippen molar-refractivity contribution in [2.75, 3.05) is 16.8 Å². The van der Waals surface area contributed by atoms with Gasteiger partial charge in [0.2, 0.25) is 11.0 Å². The molecular weight excluding hydrogens is 404 g/mol. The Morgan fingerprint density at radius 1 is 1.30 bits per heavy atom. The van der Waals surface area contributed by atoms with E-state index in [4.69, 9.17) is 4.74 Å². The number of hydrogen-bond acceptors (Lipinski definition) is 7. The molecule has 1 aromatic heterocycles. The van der Waals surface area contributed by atoms with Gasteiger partial charge in [0, 0.05) is 18.4 Å². The van der Waals surface area contributed by atoms with Crippen LogP contribution in [0.4, 0.5) is 10.8 Å². The van der Waals surface area contributed by atoms with Gasteiger partial charge in [-0.2, -0.15) is 0 Å². The minimum absolute atomic E-state index is 0.0117. The van der Waals surface area contributed by atoms with Crippen molar-refractivity contribution < 1.29 is 19.1 Å². The predicted octanol–water partition coefficient (Wildman–Crippen LogP) is 3.47. The van der Waals surface area contributed by atoms with Crippen LogP contribution in [-0.2, 0) is 16.0 Å². The third-order valence-corrected chi connectivity index (χ3v) is 5.43. The van der Waals surface area contributed by atoms with E-state index in [0.717, 1.165) is 17.8 Å². The number of rotatable bonds is 8. The van der Waals surface area contributed by atoms with Gasteiger partial charge >= 0.3 is 0 Å². The van der Waals surface area contributed by atoms with Crippen molar-refractivity contribution in [2.24, 2.45) is 5.92 Å². The Hall–Kier alpha value is -2.81. The number of carbonyl (C=O) groups is 3. The number of nitrogens with zero attached hydrogens (tertiary/aromatic N) is 3. The molecule has 0 saturated heterocycles. The van der Waals surface area contributed by atoms with Gasteiger partial charge in [-0.15, -0.1) is 10.2 Å². The van der Waals surface area contributed by atoms with Crippen LogP contribution in [0.15, 0.2) is 18.2 Å². The Balaban J connectivity index is 1.78. The summed E-state index contributed by atoms with van der Waals surface area (Å²) >= 11 is 1.32. The molecule has 0 saturated carbocycles. The molecule has 2 heterocycles. The normalized spacial score (nSPS) is 15.7. The van der Waals surface area contributed by atoms with Gasteiger partial charge in [-0.25, -0.2) is 0 Å².